The SMILES string of the molecule is CC(C)c1ccn(-c2ccc(CNC(C)(C)C)nn2)n1. The van der Waals surface area contributed by atoms with E-state index in [0.29, 0.717) is 12.5 Å². The van der Waals surface area contributed by atoms with Crippen LogP contribution >= 0.6 is 0 Å². The minimum atomic E-state index is 0.0779. The van der Waals surface area contributed by atoms with E-state index in [9.17, 15) is 0 Å². The summed E-state index contributed by atoms with van der Waals surface area (Å²) in [5.74, 6) is 1.16. The fourth-order valence-corrected chi connectivity index (χ4v) is 1.70. The van der Waals surface area contributed by atoms with E-state index in [2.05, 4.69) is 55.2 Å². The van der Waals surface area contributed by atoms with Crippen LogP contribution in [0.15, 0.2) is 24.4 Å². The summed E-state index contributed by atoms with van der Waals surface area (Å²) < 4.78 is 1.77. The molecule has 5 nitrogen and oxygen atoms in total. The van der Waals surface area contributed by atoms with Gasteiger partial charge in [-0.05, 0) is 44.9 Å². The van der Waals surface area contributed by atoms with Crippen molar-refractivity contribution >= 4 is 0 Å². The average Bonchev–Trinajstić information content (AvgIpc) is 2.86. The quantitative estimate of drug-likeness (QED) is 0.930. The minimum absolute atomic E-state index is 0.0779. The first kappa shape index (κ1) is 14.7. The highest BCUT2D eigenvalue weighted by molar-refractivity contribution is 5.22. The molecule has 2 aromatic heterocycles. The molecular formula is C15H23N5. The lowest BCUT2D eigenvalue weighted by Gasteiger charge is -2.19. The smallest absolute Gasteiger partial charge is 0.175 e. The molecule has 0 spiro atoms. The first-order valence-electron chi connectivity index (χ1n) is 6.99. The molecule has 1 N–H and O–H groups in total. The molecular weight excluding hydrogens is 250 g/mol. The maximum atomic E-state index is 4.49. The molecule has 108 valence electrons. The Hall–Kier alpha value is -1.75. The molecule has 0 atom stereocenters. The maximum Gasteiger partial charge on any atom is 0.175 e. The van der Waals surface area contributed by atoms with Crippen molar-refractivity contribution in [3.63, 3.8) is 0 Å². The molecule has 0 fully saturated rings. The summed E-state index contributed by atoms with van der Waals surface area (Å²) in [5, 5.41) is 16.4. The second-order valence-electron chi connectivity index (χ2n) is 6.33. The molecule has 0 bridgehead atoms. The Bertz CT molecular complexity index is 548. The van der Waals surface area contributed by atoms with E-state index in [0.717, 1.165) is 17.2 Å². The van der Waals surface area contributed by atoms with Gasteiger partial charge >= 0.3 is 0 Å². The Morgan fingerprint density at radius 1 is 1.15 bits per heavy atom. The molecule has 5 heteroatoms. The molecule has 0 aliphatic rings. The van der Waals surface area contributed by atoms with Crippen molar-refractivity contribution in [2.24, 2.45) is 0 Å². The number of hydrogen-bond acceptors (Lipinski definition) is 4. The summed E-state index contributed by atoms with van der Waals surface area (Å²) in [6.07, 6.45) is 1.92. The third-order valence-electron chi connectivity index (χ3n) is 2.94. The lowest BCUT2D eigenvalue weighted by atomic mass is 10.1. The third-order valence-corrected chi connectivity index (χ3v) is 2.94. The Morgan fingerprint density at radius 2 is 1.90 bits per heavy atom. The van der Waals surface area contributed by atoms with Gasteiger partial charge in [0.05, 0.1) is 11.4 Å². The number of rotatable bonds is 4. The van der Waals surface area contributed by atoms with E-state index in [4.69, 9.17) is 0 Å². The second kappa shape index (κ2) is 5.71. The summed E-state index contributed by atoms with van der Waals surface area (Å²) in [6, 6.07) is 5.95. The van der Waals surface area contributed by atoms with Crippen molar-refractivity contribution in [2.75, 3.05) is 0 Å². The standard InChI is InChI=1S/C15H23N5/c1-11(2)13-8-9-20(19-13)14-7-6-12(17-18-14)10-16-15(3,4)5/h6-9,11,16H,10H2,1-5H3. The summed E-state index contributed by atoms with van der Waals surface area (Å²) in [6.45, 7) is 11.4. The van der Waals surface area contributed by atoms with E-state index < -0.39 is 0 Å². The van der Waals surface area contributed by atoms with Gasteiger partial charge in [-0.25, -0.2) is 4.68 Å². The van der Waals surface area contributed by atoms with Crippen LogP contribution in [0.25, 0.3) is 5.82 Å². The van der Waals surface area contributed by atoms with Crippen molar-refractivity contribution in [1.82, 2.24) is 25.3 Å². The summed E-state index contributed by atoms with van der Waals surface area (Å²) in [7, 11) is 0. The number of nitrogens with zero attached hydrogens (tertiary/aromatic N) is 4. The lowest BCUT2D eigenvalue weighted by Crippen LogP contribution is -2.35. The van der Waals surface area contributed by atoms with Crippen molar-refractivity contribution in [3.8, 4) is 5.82 Å². The first-order chi connectivity index (χ1) is 9.35. The van der Waals surface area contributed by atoms with Crippen LogP contribution in [0, 0.1) is 0 Å². The van der Waals surface area contributed by atoms with Crippen LogP contribution < -0.4 is 5.32 Å². The van der Waals surface area contributed by atoms with Gasteiger partial charge in [0, 0.05) is 18.3 Å². The third kappa shape index (κ3) is 3.87. The Kier molecular flexibility index (Phi) is 4.18. The van der Waals surface area contributed by atoms with E-state index >= 15 is 0 Å². The second-order valence-corrected chi connectivity index (χ2v) is 6.33. The molecule has 0 unspecified atom stereocenters. The fraction of sp³-hybridized carbons (Fsp3) is 0.533. The van der Waals surface area contributed by atoms with Crippen molar-refractivity contribution < 1.29 is 0 Å². The lowest BCUT2D eigenvalue weighted by molar-refractivity contribution is 0.420. The largest absolute Gasteiger partial charge is 0.306 e. The molecule has 0 radical (unpaired) electrons. The minimum Gasteiger partial charge on any atom is -0.306 e. The molecule has 0 aliphatic carbocycles. The predicted octanol–water partition coefficient (Wildman–Crippen LogP) is 2.67. The molecule has 0 aliphatic heterocycles. The highest BCUT2D eigenvalue weighted by Crippen LogP contribution is 2.12. The van der Waals surface area contributed by atoms with Crippen LogP contribution in [0.4, 0.5) is 0 Å². The first-order valence-corrected chi connectivity index (χ1v) is 6.99. The maximum absolute atomic E-state index is 4.49. The van der Waals surface area contributed by atoms with Crippen molar-refractivity contribution in [1.29, 1.82) is 0 Å². The molecule has 2 rings (SSSR count). The van der Waals surface area contributed by atoms with Gasteiger partial charge < -0.3 is 5.32 Å². The number of hydrogen-bond donors (Lipinski definition) is 1. The Labute approximate surface area is 120 Å². The van der Waals surface area contributed by atoms with E-state index in [1.165, 1.54) is 0 Å². The van der Waals surface area contributed by atoms with Crippen LogP contribution in [0.5, 0.6) is 0 Å². The molecule has 0 saturated carbocycles. The molecule has 0 saturated heterocycles. The van der Waals surface area contributed by atoms with Gasteiger partial charge in [0.25, 0.3) is 0 Å². The summed E-state index contributed by atoms with van der Waals surface area (Å²) in [5.41, 5.74) is 2.07. The van der Waals surface area contributed by atoms with Gasteiger partial charge in [-0.3, -0.25) is 0 Å². The normalized spacial score (nSPS) is 12.1. The Morgan fingerprint density at radius 3 is 2.40 bits per heavy atom. The molecule has 20 heavy (non-hydrogen) atoms. The Balaban J connectivity index is 2.07. The number of nitrogens with one attached hydrogen (secondary N) is 1. The van der Waals surface area contributed by atoms with Crippen LogP contribution in [-0.4, -0.2) is 25.5 Å². The van der Waals surface area contributed by atoms with Crippen molar-refractivity contribution in [2.45, 2.75) is 52.6 Å². The van der Waals surface area contributed by atoms with Gasteiger partial charge in [-0.2, -0.15) is 10.2 Å². The molecule has 2 heterocycles. The van der Waals surface area contributed by atoms with Crippen LogP contribution in [-0.2, 0) is 6.54 Å². The topological polar surface area (TPSA) is 55.6 Å². The molecule has 0 amide bonds. The monoisotopic (exact) mass is 273 g/mol. The summed E-state index contributed by atoms with van der Waals surface area (Å²) >= 11 is 0. The molecule has 2 aromatic rings. The average molecular weight is 273 g/mol. The predicted molar refractivity (Wildman–Crippen MR) is 79.8 cm³/mol. The highest BCUT2D eigenvalue weighted by atomic mass is 15.3. The van der Waals surface area contributed by atoms with Gasteiger partial charge in [0.15, 0.2) is 5.82 Å². The van der Waals surface area contributed by atoms with Crippen LogP contribution in [0.3, 0.4) is 0 Å². The zero-order valence-electron chi connectivity index (χ0n) is 12.9. The molecule has 0 aromatic carbocycles. The van der Waals surface area contributed by atoms with Gasteiger partial charge in [0.1, 0.15) is 0 Å². The van der Waals surface area contributed by atoms with Crippen LogP contribution in [0.1, 0.15) is 51.9 Å². The van der Waals surface area contributed by atoms with Gasteiger partial charge in [-0.1, -0.05) is 13.8 Å². The van der Waals surface area contributed by atoms with Gasteiger partial charge in [0.2, 0.25) is 0 Å². The summed E-state index contributed by atoms with van der Waals surface area (Å²) in [4.78, 5) is 0. The van der Waals surface area contributed by atoms with E-state index in [-0.39, 0.29) is 5.54 Å². The highest BCUT2D eigenvalue weighted by Gasteiger charge is 2.10. The number of aromatic nitrogens is 4. The van der Waals surface area contributed by atoms with Gasteiger partial charge in [-0.15, -0.1) is 5.10 Å². The van der Waals surface area contributed by atoms with Crippen LogP contribution in [0.2, 0.25) is 0 Å². The zero-order valence-corrected chi connectivity index (χ0v) is 12.9. The van der Waals surface area contributed by atoms with E-state index in [1.54, 1.807) is 4.68 Å². The fourth-order valence-electron chi connectivity index (χ4n) is 1.70. The zero-order chi connectivity index (χ0) is 14.8. The van der Waals surface area contributed by atoms with E-state index in [1.807, 2.05) is 24.4 Å². The van der Waals surface area contributed by atoms with Crippen molar-refractivity contribution in [3.05, 3.63) is 35.8 Å².